The highest BCUT2D eigenvalue weighted by atomic mass is 16.5. The number of unbranched alkanes of at least 4 members (excludes halogenated alkanes) is 1. The van der Waals surface area contributed by atoms with Crippen LogP contribution in [0.15, 0.2) is 23.3 Å². The number of benzene rings is 1. The fourth-order valence-electron chi connectivity index (χ4n) is 2.82. The third-order valence-electron chi connectivity index (χ3n) is 4.90. The van der Waals surface area contributed by atoms with E-state index in [0.717, 1.165) is 39.5 Å². The predicted octanol–water partition coefficient (Wildman–Crippen LogP) is 4.07. The van der Waals surface area contributed by atoms with Gasteiger partial charge in [0.2, 0.25) is 11.6 Å². The molecule has 0 aliphatic carbocycles. The number of ether oxygens (including phenoxy) is 1. The Balaban J connectivity index is 3.14. The van der Waals surface area contributed by atoms with Gasteiger partial charge in [-0.3, -0.25) is 19.2 Å². The molecule has 164 valence electrons. The number of hydrogen-bond donors (Lipinski definition) is 1. The summed E-state index contributed by atoms with van der Waals surface area (Å²) in [6.07, 6.45) is 4.19. The molecule has 1 aromatic rings. The molecule has 1 aromatic carbocycles. The normalized spacial score (nSPS) is 11.5. The van der Waals surface area contributed by atoms with Crippen LogP contribution in [0.5, 0.6) is 5.75 Å². The number of anilines is 1. The van der Waals surface area contributed by atoms with Crippen molar-refractivity contribution in [1.29, 1.82) is 5.53 Å². The van der Waals surface area contributed by atoms with E-state index in [9.17, 15) is 19.2 Å². The van der Waals surface area contributed by atoms with Crippen LogP contribution < -0.4 is 9.64 Å². The fourth-order valence-corrected chi connectivity index (χ4v) is 2.82. The molecule has 0 fully saturated rings. The first-order chi connectivity index (χ1) is 14.2. The van der Waals surface area contributed by atoms with Gasteiger partial charge in [0.15, 0.2) is 11.6 Å². The Kier molecular flexibility index (Phi) is 10.6. The summed E-state index contributed by atoms with van der Waals surface area (Å²) in [6, 6.07) is 4.71. The number of carbonyl (C=O) groups excluding carboxylic acids is 4. The summed E-state index contributed by atoms with van der Waals surface area (Å²) in [6.45, 7) is 6.33. The number of ketones is 4. The van der Waals surface area contributed by atoms with Crippen LogP contribution in [-0.4, -0.2) is 42.8 Å². The Morgan fingerprint density at radius 1 is 1.07 bits per heavy atom. The summed E-state index contributed by atoms with van der Waals surface area (Å²) >= 11 is 0. The van der Waals surface area contributed by atoms with E-state index in [1.807, 2.05) is 0 Å². The Hall–Kier alpha value is -2.90. The molecule has 0 aliphatic rings. The van der Waals surface area contributed by atoms with E-state index in [2.05, 4.69) is 19.0 Å². The SMILES string of the molecule is CCCCC(CC)COc1cc(N(CC(=O)C(C)=O)CC(=O)C(C)=O)ccc1N=N. The molecule has 30 heavy (non-hydrogen) atoms. The van der Waals surface area contributed by atoms with Gasteiger partial charge in [0, 0.05) is 25.6 Å². The number of rotatable bonds is 15. The zero-order chi connectivity index (χ0) is 22.7. The highest BCUT2D eigenvalue weighted by Crippen LogP contribution is 2.33. The van der Waals surface area contributed by atoms with Gasteiger partial charge in [-0.25, -0.2) is 5.53 Å². The second-order valence-corrected chi connectivity index (χ2v) is 7.31. The molecule has 0 aromatic heterocycles. The van der Waals surface area contributed by atoms with Gasteiger partial charge < -0.3 is 9.64 Å². The molecular weight excluding hydrogens is 386 g/mol. The first-order valence-corrected chi connectivity index (χ1v) is 10.2. The summed E-state index contributed by atoms with van der Waals surface area (Å²) < 4.78 is 5.93. The molecule has 0 bridgehead atoms. The van der Waals surface area contributed by atoms with Crippen molar-refractivity contribution in [2.45, 2.75) is 53.4 Å². The predicted molar refractivity (Wildman–Crippen MR) is 114 cm³/mol. The summed E-state index contributed by atoms with van der Waals surface area (Å²) in [5.41, 5.74) is 8.13. The van der Waals surface area contributed by atoms with Gasteiger partial charge in [0.1, 0.15) is 11.4 Å². The lowest BCUT2D eigenvalue weighted by molar-refractivity contribution is -0.135. The van der Waals surface area contributed by atoms with Gasteiger partial charge in [-0.1, -0.05) is 33.1 Å². The minimum absolute atomic E-state index is 0.319. The van der Waals surface area contributed by atoms with Gasteiger partial charge in [-0.05, 0) is 24.5 Å². The molecule has 0 aliphatic heterocycles. The number of hydrogen-bond acceptors (Lipinski definition) is 8. The zero-order valence-corrected chi connectivity index (χ0v) is 18.2. The molecular formula is C22H31N3O5. The molecule has 1 N–H and O–H groups in total. The van der Waals surface area contributed by atoms with Crippen LogP contribution in [0.3, 0.4) is 0 Å². The fraction of sp³-hybridized carbons (Fsp3) is 0.545. The van der Waals surface area contributed by atoms with Gasteiger partial charge >= 0.3 is 0 Å². The average Bonchev–Trinajstić information content (AvgIpc) is 2.72. The van der Waals surface area contributed by atoms with Crippen LogP contribution >= 0.6 is 0 Å². The van der Waals surface area contributed by atoms with Crippen molar-refractivity contribution in [2.24, 2.45) is 11.0 Å². The van der Waals surface area contributed by atoms with E-state index in [1.165, 1.54) is 4.90 Å². The van der Waals surface area contributed by atoms with E-state index in [1.54, 1.807) is 18.2 Å². The summed E-state index contributed by atoms with van der Waals surface area (Å²) in [5.74, 6) is -1.89. The molecule has 1 unspecified atom stereocenters. The van der Waals surface area contributed by atoms with Crippen LogP contribution in [0.4, 0.5) is 11.4 Å². The maximum absolute atomic E-state index is 12.0. The highest BCUT2D eigenvalue weighted by molar-refractivity contribution is 6.39. The molecule has 0 saturated carbocycles. The molecule has 1 atom stereocenters. The van der Waals surface area contributed by atoms with Crippen molar-refractivity contribution in [1.82, 2.24) is 0 Å². The third kappa shape index (κ3) is 7.85. The molecule has 8 heteroatoms. The van der Waals surface area contributed by atoms with Gasteiger partial charge in [-0.2, -0.15) is 5.11 Å². The molecule has 0 saturated heterocycles. The first-order valence-electron chi connectivity index (χ1n) is 10.2. The Labute approximate surface area is 177 Å². The molecule has 0 amide bonds. The Morgan fingerprint density at radius 3 is 2.13 bits per heavy atom. The maximum atomic E-state index is 12.0. The number of nitrogens with one attached hydrogen (secondary N) is 1. The third-order valence-corrected chi connectivity index (χ3v) is 4.90. The van der Waals surface area contributed by atoms with E-state index >= 15 is 0 Å². The Morgan fingerprint density at radius 2 is 1.67 bits per heavy atom. The zero-order valence-electron chi connectivity index (χ0n) is 18.2. The molecule has 8 nitrogen and oxygen atoms in total. The number of carbonyl (C=O) groups is 4. The van der Waals surface area contributed by atoms with E-state index in [0.29, 0.717) is 29.6 Å². The molecule has 0 spiro atoms. The molecule has 1 rings (SSSR count). The number of Topliss-reactive ketones (excluding diaryl/α,β-unsaturated/α-hetero) is 4. The topological polar surface area (TPSA) is 117 Å². The first kappa shape index (κ1) is 25.1. The van der Waals surface area contributed by atoms with Crippen molar-refractivity contribution >= 4 is 34.5 Å². The summed E-state index contributed by atoms with van der Waals surface area (Å²) in [7, 11) is 0. The standard InChI is InChI=1S/C22H31N3O5/c1-5-7-8-17(6-2)14-30-22-11-18(9-10-19(22)24-23)25(12-20(28)15(3)26)13-21(29)16(4)27/h9-11,17,23H,5-8,12-14H2,1-4H3. The molecule has 0 radical (unpaired) electrons. The highest BCUT2D eigenvalue weighted by Gasteiger charge is 2.21. The number of nitrogens with zero attached hydrogens (tertiary/aromatic N) is 2. The van der Waals surface area contributed by atoms with E-state index < -0.39 is 23.1 Å². The monoisotopic (exact) mass is 417 g/mol. The van der Waals surface area contributed by atoms with Crippen LogP contribution in [0.2, 0.25) is 0 Å². The maximum Gasteiger partial charge on any atom is 0.217 e. The summed E-state index contributed by atoms with van der Waals surface area (Å²) in [5, 5.41) is 3.48. The average molecular weight is 418 g/mol. The lowest BCUT2D eigenvalue weighted by atomic mass is 10.0. The lowest BCUT2D eigenvalue weighted by Crippen LogP contribution is -2.38. The van der Waals surface area contributed by atoms with Crippen LogP contribution in [0.25, 0.3) is 0 Å². The van der Waals surface area contributed by atoms with Gasteiger partial charge in [0.25, 0.3) is 0 Å². The smallest absolute Gasteiger partial charge is 0.217 e. The Bertz CT molecular complexity index is 763. The minimum Gasteiger partial charge on any atom is -0.491 e. The second-order valence-electron chi connectivity index (χ2n) is 7.31. The van der Waals surface area contributed by atoms with Crippen LogP contribution in [-0.2, 0) is 19.2 Å². The van der Waals surface area contributed by atoms with Crippen molar-refractivity contribution in [3.63, 3.8) is 0 Å². The van der Waals surface area contributed by atoms with Crippen molar-refractivity contribution in [3.05, 3.63) is 18.2 Å². The van der Waals surface area contributed by atoms with Crippen molar-refractivity contribution in [3.8, 4) is 5.75 Å². The van der Waals surface area contributed by atoms with Crippen LogP contribution in [0.1, 0.15) is 53.4 Å². The minimum atomic E-state index is -0.673. The van der Waals surface area contributed by atoms with E-state index in [-0.39, 0.29) is 13.1 Å². The van der Waals surface area contributed by atoms with Crippen LogP contribution in [0, 0.1) is 11.4 Å². The largest absolute Gasteiger partial charge is 0.491 e. The van der Waals surface area contributed by atoms with Gasteiger partial charge in [-0.15, -0.1) is 0 Å². The quantitative estimate of drug-likeness (QED) is 0.340. The van der Waals surface area contributed by atoms with E-state index in [4.69, 9.17) is 10.3 Å². The lowest BCUT2D eigenvalue weighted by Gasteiger charge is -2.24. The van der Waals surface area contributed by atoms with Crippen molar-refractivity contribution < 1.29 is 23.9 Å². The second kappa shape index (κ2) is 12.6. The van der Waals surface area contributed by atoms with Crippen molar-refractivity contribution in [2.75, 3.05) is 24.6 Å². The molecule has 0 heterocycles. The van der Waals surface area contributed by atoms with Gasteiger partial charge in [0.05, 0.1) is 19.7 Å². The summed E-state index contributed by atoms with van der Waals surface area (Å²) in [4.78, 5) is 48.1.